The lowest BCUT2D eigenvalue weighted by Gasteiger charge is -2.59. The summed E-state index contributed by atoms with van der Waals surface area (Å²) >= 11 is 0. The quantitative estimate of drug-likeness (QED) is 0.568. The van der Waals surface area contributed by atoms with Crippen LogP contribution in [0.15, 0.2) is 30.5 Å². The number of benzene rings is 1. The highest BCUT2D eigenvalue weighted by Crippen LogP contribution is 2.50. The van der Waals surface area contributed by atoms with Crippen LogP contribution >= 0.6 is 0 Å². The van der Waals surface area contributed by atoms with Crippen molar-refractivity contribution in [2.45, 2.75) is 76.3 Å². The number of nitrogens with one attached hydrogen (secondary N) is 1. The van der Waals surface area contributed by atoms with Gasteiger partial charge in [0.25, 0.3) is 5.91 Å². The molecule has 2 saturated carbocycles. The van der Waals surface area contributed by atoms with Crippen molar-refractivity contribution in [1.29, 1.82) is 0 Å². The molecule has 0 unspecified atom stereocenters. The zero-order valence-electron chi connectivity index (χ0n) is 20.1. The third kappa shape index (κ3) is 4.08. The van der Waals surface area contributed by atoms with Crippen LogP contribution in [0, 0.1) is 5.41 Å². The maximum absolute atomic E-state index is 12.1. The maximum atomic E-state index is 12.1. The summed E-state index contributed by atoms with van der Waals surface area (Å²) in [5.74, 6) is -0.957. The molecule has 4 N–H and O–H groups in total. The lowest BCUT2D eigenvalue weighted by molar-refractivity contribution is -0.142. The molecule has 0 radical (unpaired) electrons. The minimum Gasteiger partial charge on any atom is -0.481 e. The number of hydrogen-bond donors (Lipinski definition) is 3. The number of nitrogens with two attached hydrogens (primary N) is 1. The summed E-state index contributed by atoms with van der Waals surface area (Å²) < 4.78 is 1.91. The largest absolute Gasteiger partial charge is 0.481 e. The molecule has 8 heteroatoms. The van der Waals surface area contributed by atoms with Crippen molar-refractivity contribution < 1.29 is 14.7 Å². The normalized spacial score (nSPS) is 24.3. The number of carbonyl (C=O) groups excluding carboxylic acids is 1. The van der Waals surface area contributed by atoms with Gasteiger partial charge in [0.2, 0.25) is 0 Å². The van der Waals surface area contributed by atoms with Gasteiger partial charge in [-0.2, -0.15) is 5.10 Å². The number of nitrogens with zero attached hydrogens (tertiary/aromatic N) is 3. The van der Waals surface area contributed by atoms with Crippen molar-refractivity contribution >= 4 is 23.4 Å². The van der Waals surface area contributed by atoms with Crippen LogP contribution < -0.4 is 11.1 Å². The fourth-order valence-electron chi connectivity index (χ4n) is 5.84. The van der Waals surface area contributed by atoms with E-state index in [0.29, 0.717) is 28.4 Å². The topological polar surface area (TPSA) is 113 Å². The van der Waals surface area contributed by atoms with Gasteiger partial charge in [-0.25, -0.2) is 0 Å². The number of primary amides is 1. The fourth-order valence-corrected chi connectivity index (χ4v) is 5.84. The number of anilines is 2. The Hall–Kier alpha value is -2.87. The number of carboxylic acids is 1. The molecule has 34 heavy (non-hydrogen) atoms. The molecular formula is C26H35N5O3. The number of aromatic nitrogens is 2. The van der Waals surface area contributed by atoms with Gasteiger partial charge in [-0.15, -0.1) is 0 Å². The van der Waals surface area contributed by atoms with E-state index in [1.807, 2.05) is 4.68 Å². The summed E-state index contributed by atoms with van der Waals surface area (Å²) in [7, 11) is 0. The number of hydrogen-bond acceptors (Lipinski definition) is 5. The van der Waals surface area contributed by atoms with Gasteiger partial charge < -0.3 is 16.2 Å². The molecule has 1 aromatic carbocycles. The van der Waals surface area contributed by atoms with E-state index < -0.39 is 17.3 Å². The average molecular weight is 466 g/mol. The summed E-state index contributed by atoms with van der Waals surface area (Å²) in [5.41, 5.74) is 7.13. The Kier molecular flexibility index (Phi) is 5.67. The summed E-state index contributed by atoms with van der Waals surface area (Å²) in [6.07, 6.45) is 10.4. The van der Waals surface area contributed by atoms with Gasteiger partial charge in [-0.05, 0) is 75.5 Å². The molecule has 1 aromatic heterocycles. The molecular weight excluding hydrogens is 430 g/mol. The molecule has 0 atom stereocenters. The SMILES string of the molecule is CC(C)(C(=O)O)c1ccc(Nc2nn(C3CCC(N4CC5(CCC5)C4)CC3)cc2C(N)=O)cc1. The van der Waals surface area contributed by atoms with Crippen LogP contribution in [-0.2, 0) is 10.2 Å². The van der Waals surface area contributed by atoms with Gasteiger partial charge in [0.05, 0.1) is 11.5 Å². The Balaban J connectivity index is 1.24. The first-order valence-electron chi connectivity index (χ1n) is 12.4. The second-order valence-corrected chi connectivity index (χ2v) is 11.1. The second kappa shape index (κ2) is 8.41. The van der Waals surface area contributed by atoms with E-state index in [1.54, 1.807) is 44.3 Å². The summed E-state index contributed by atoms with van der Waals surface area (Å²) in [4.78, 5) is 26.3. The summed E-state index contributed by atoms with van der Waals surface area (Å²) in [6, 6.07) is 8.11. The van der Waals surface area contributed by atoms with E-state index in [2.05, 4.69) is 10.2 Å². The van der Waals surface area contributed by atoms with Gasteiger partial charge in [0.15, 0.2) is 5.82 Å². The van der Waals surface area contributed by atoms with Crippen LogP contribution in [0.3, 0.4) is 0 Å². The predicted octanol–water partition coefficient (Wildman–Crippen LogP) is 4.06. The first-order chi connectivity index (χ1) is 16.2. The van der Waals surface area contributed by atoms with Crippen LogP contribution in [0.1, 0.15) is 80.8 Å². The summed E-state index contributed by atoms with van der Waals surface area (Å²) in [6.45, 7) is 5.91. The molecule has 182 valence electrons. The monoisotopic (exact) mass is 465 g/mol. The van der Waals surface area contributed by atoms with Gasteiger partial charge >= 0.3 is 5.97 Å². The van der Waals surface area contributed by atoms with E-state index >= 15 is 0 Å². The van der Waals surface area contributed by atoms with Crippen molar-refractivity contribution in [2.24, 2.45) is 11.1 Å². The van der Waals surface area contributed by atoms with Crippen LogP contribution in [0.4, 0.5) is 11.5 Å². The molecule has 5 rings (SSSR count). The molecule has 2 aliphatic carbocycles. The Morgan fingerprint density at radius 2 is 1.71 bits per heavy atom. The standard InChI is InChI=1S/C26H35N5O3/c1-25(2,24(33)34)17-4-6-18(7-5-17)28-23-21(22(27)32)14-31(29-23)20-10-8-19(9-11-20)30-15-26(16-30)12-3-13-26/h4-7,14,19-20H,3,8-13,15-16H2,1-2H3,(H2,27,32)(H,28,29)(H,33,34). The fraction of sp³-hybridized carbons (Fsp3) is 0.577. The molecule has 1 saturated heterocycles. The number of carbonyl (C=O) groups is 2. The molecule has 1 amide bonds. The summed E-state index contributed by atoms with van der Waals surface area (Å²) in [5, 5.41) is 17.3. The number of likely N-dealkylation sites (tertiary alicyclic amines) is 1. The van der Waals surface area contributed by atoms with Crippen LogP contribution in [-0.4, -0.2) is 50.8 Å². The molecule has 2 heterocycles. The molecule has 8 nitrogen and oxygen atoms in total. The minimum absolute atomic E-state index is 0.266. The first-order valence-corrected chi connectivity index (χ1v) is 12.4. The highest BCUT2D eigenvalue weighted by atomic mass is 16.4. The van der Waals surface area contributed by atoms with Crippen molar-refractivity contribution in [3.63, 3.8) is 0 Å². The number of aliphatic carboxylic acids is 1. The second-order valence-electron chi connectivity index (χ2n) is 11.1. The number of carboxylic acid groups (broad SMARTS) is 1. The lowest BCUT2D eigenvalue weighted by atomic mass is 9.63. The number of rotatable bonds is 7. The minimum atomic E-state index is -0.980. The molecule has 0 bridgehead atoms. The van der Waals surface area contributed by atoms with Gasteiger partial charge in [0.1, 0.15) is 5.56 Å². The predicted molar refractivity (Wildman–Crippen MR) is 130 cm³/mol. The highest BCUT2D eigenvalue weighted by molar-refractivity contribution is 5.98. The Morgan fingerprint density at radius 1 is 1.09 bits per heavy atom. The number of amides is 1. The van der Waals surface area contributed by atoms with Crippen molar-refractivity contribution in [3.05, 3.63) is 41.6 Å². The van der Waals surface area contributed by atoms with E-state index in [4.69, 9.17) is 10.8 Å². The lowest BCUT2D eigenvalue weighted by Crippen LogP contribution is -2.62. The maximum Gasteiger partial charge on any atom is 0.313 e. The third-order valence-electron chi connectivity index (χ3n) is 8.45. The molecule has 3 aliphatic rings. The molecule has 3 fully saturated rings. The van der Waals surface area contributed by atoms with E-state index in [1.165, 1.54) is 32.4 Å². The highest BCUT2D eigenvalue weighted by Gasteiger charge is 2.49. The third-order valence-corrected chi connectivity index (χ3v) is 8.45. The van der Waals surface area contributed by atoms with E-state index in [9.17, 15) is 14.7 Å². The molecule has 2 aromatic rings. The van der Waals surface area contributed by atoms with Crippen molar-refractivity contribution in [1.82, 2.24) is 14.7 Å². The van der Waals surface area contributed by atoms with Crippen LogP contribution in [0.25, 0.3) is 0 Å². The van der Waals surface area contributed by atoms with E-state index in [0.717, 1.165) is 31.4 Å². The molecule has 1 aliphatic heterocycles. The van der Waals surface area contributed by atoms with Crippen molar-refractivity contribution in [2.75, 3.05) is 18.4 Å². The smallest absolute Gasteiger partial charge is 0.313 e. The van der Waals surface area contributed by atoms with Crippen molar-refractivity contribution in [3.8, 4) is 0 Å². The zero-order chi connectivity index (χ0) is 24.1. The van der Waals surface area contributed by atoms with Gasteiger partial charge in [-0.3, -0.25) is 19.2 Å². The van der Waals surface area contributed by atoms with Crippen LogP contribution in [0.5, 0.6) is 0 Å². The Morgan fingerprint density at radius 3 is 2.24 bits per heavy atom. The van der Waals surface area contributed by atoms with Gasteiger partial charge in [-0.1, -0.05) is 18.6 Å². The average Bonchev–Trinajstić information content (AvgIpc) is 3.16. The Labute approximate surface area is 200 Å². The molecule has 1 spiro atoms. The first kappa shape index (κ1) is 22.9. The Bertz CT molecular complexity index is 1070. The van der Waals surface area contributed by atoms with Crippen LogP contribution in [0.2, 0.25) is 0 Å². The van der Waals surface area contributed by atoms with E-state index in [-0.39, 0.29) is 6.04 Å². The van der Waals surface area contributed by atoms with Gasteiger partial charge in [0, 0.05) is 31.0 Å². The zero-order valence-corrected chi connectivity index (χ0v) is 20.1.